The summed E-state index contributed by atoms with van der Waals surface area (Å²) in [7, 11) is 1.55. The summed E-state index contributed by atoms with van der Waals surface area (Å²) in [5, 5.41) is 0. The highest BCUT2D eigenvalue weighted by molar-refractivity contribution is 5.03. The quantitative estimate of drug-likeness (QED) is 0.800. The van der Waals surface area contributed by atoms with E-state index in [2.05, 4.69) is 11.6 Å². The van der Waals surface area contributed by atoms with Crippen molar-refractivity contribution in [2.45, 2.75) is 19.3 Å². The number of aromatic amines is 1. The van der Waals surface area contributed by atoms with Gasteiger partial charge in [-0.3, -0.25) is 14.3 Å². The molecule has 6 heteroatoms. The SMILES string of the molecule is C=C1O[C@@H](n2ccc(=O)[nH]c2=O)[C@H](OC)[C@@H]1C. The molecule has 17 heavy (non-hydrogen) atoms. The number of aromatic nitrogens is 2. The van der Waals surface area contributed by atoms with Crippen molar-refractivity contribution in [3.05, 3.63) is 45.4 Å². The van der Waals surface area contributed by atoms with E-state index in [0.29, 0.717) is 5.76 Å². The number of nitrogens with one attached hydrogen (secondary N) is 1. The largest absolute Gasteiger partial charge is 0.472 e. The average molecular weight is 238 g/mol. The first-order valence-electron chi connectivity index (χ1n) is 5.24. The molecule has 0 aliphatic carbocycles. The summed E-state index contributed by atoms with van der Waals surface area (Å²) >= 11 is 0. The molecule has 0 aromatic carbocycles. The molecule has 0 bridgehead atoms. The van der Waals surface area contributed by atoms with Crippen LogP contribution in [0.4, 0.5) is 0 Å². The molecule has 1 aromatic rings. The summed E-state index contributed by atoms with van der Waals surface area (Å²) in [5.74, 6) is 0.559. The minimum absolute atomic E-state index is 0.0103. The van der Waals surface area contributed by atoms with Crippen LogP contribution in [-0.2, 0) is 9.47 Å². The van der Waals surface area contributed by atoms with Crippen molar-refractivity contribution < 1.29 is 9.47 Å². The topological polar surface area (TPSA) is 73.3 Å². The Morgan fingerprint density at radius 1 is 1.53 bits per heavy atom. The summed E-state index contributed by atoms with van der Waals surface area (Å²) < 4.78 is 12.1. The third kappa shape index (κ3) is 1.91. The Balaban J connectivity index is 2.43. The van der Waals surface area contributed by atoms with Gasteiger partial charge in [0.15, 0.2) is 0 Å². The van der Waals surface area contributed by atoms with E-state index in [1.807, 2.05) is 6.92 Å². The van der Waals surface area contributed by atoms with Crippen LogP contribution in [0.25, 0.3) is 0 Å². The van der Waals surface area contributed by atoms with Gasteiger partial charge >= 0.3 is 5.69 Å². The predicted molar refractivity (Wildman–Crippen MR) is 60.5 cm³/mol. The maximum atomic E-state index is 11.6. The number of ether oxygens (including phenoxy) is 2. The first-order valence-corrected chi connectivity index (χ1v) is 5.24. The molecular weight excluding hydrogens is 224 g/mol. The van der Waals surface area contributed by atoms with Crippen LogP contribution in [-0.4, -0.2) is 22.8 Å². The van der Waals surface area contributed by atoms with Crippen molar-refractivity contribution in [2.75, 3.05) is 7.11 Å². The molecule has 1 saturated heterocycles. The second-order valence-corrected chi connectivity index (χ2v) is 3.98. The average Bonchev–Trinajstić information content (AvgIpc) is 2.55. The highest BCUT2D eigenvalue weighted by atomic mass is 16.6. The number of rotatable bonds is 2. The van der Waals surface area contributed by atoms with Gasteiger partial charge in [0.2, 0.25) is 6.23 Å². The van der Waals surface area contributed by atoms with Gasteiger partial charge in [0.25, 0.3) is 5.56 Å². The lowest BCUT2D eigenvalue weighted by Gasteiger charge is -2.19. The van der Waals surface area contributed by atoms with E-state index in [1.165, 1.54) is 16.8 Å². The van der Waals surface area contributed by atoms with E-state index in [1.54, 1.807) is 7.11 Å². The second-order valence-electron chi connectivity index (χ2n) is 3.98. The van der Waals surface area contributed by atoms with Crippen molar-refractivity contribution in [1.29, 1.82) is 0 Å². The zero-order chi connectivity index (χ0) is 12.6. The van der Waals surface area contributed by atoms with E-state index in [0.717, 1.165) is 0 Å². The van der Waals surface area contributed by atoms with Crippen LogP contribution in [0.15, 0.2) is 34.2 Å². The highest BCUT2D eigenvalue weighted by Gasteiger charge is 2.39. The monoisotopic (exact) mass is 238 g/mol. The lowest BCUT2D eigenvalue weighted by molar-refractivity contribution is -0.0262. The molecule has 0 spiro atoms. The third-order valence-corrected chi connectivity index (χ3v) is 2.95. The normalized spacial score (nSPS) is 28.1. The Labute approximate surface area is 97.5 Å². The third-order valence-electron chi connectivity index (χ3n) is 2.95. The van der Waals surface area contributed by atoms with E-state index in [4.69, 9.17) is 9.47 Å². The lowest BCUT2D eigenvalue weighted by Crippen LogP contribution is -2.36. The number of hydrogen-bond donors (Lipinski definition) is 1. The van der Waals surface area contributed by atoms with Crippen LogP contribution in [0.5, 0.6) is 0 Å². The summed E-state index contributed by atoms with van der Waals surface area (Å²) in [5.41, 5.74) is -0.962. The standard InChI is InChI=1S/C11H14N2O4/c1-6-7(2)17-10(9(6)16-3)13-5-4-8(14)12-11(13)15/h4-6,9-10H,2H2,1,3H3,(H,12,14,15)/t6-,9-,10-/m1/s1. The van der Waals surface area contributed by atoms with Gasteiger partial charge in [-0.1, -0.05) is 13.5 Å². The Bertz CT molecular complexity index is 545. The molecule has 0 unspecified atom stereocenters. The fourth-order valence-electron chi connectivity index (χ4n) is 1.92. The fraction of sp³-hybridized carbons (Fsp3) is 0.455. The molecule has 0 amide bonds. The number of hydrogen-bond acceptors (Lipinski definition) is 4. The summed E-state index contributed by atoms with van der Waals surface area (Å²) in [6.45, 7) is 5.68. The molecular formula is C11H14N2O4. The Morgan fingerprint density at radius 3 is 2.82 bits per heavy atom. The highest BCUT2D eigenvalue weighted by Crippen LogP contribution is 2.36. The molecule has 1 aliphatic rings. The van der Waals surface area contributed by atoms with Gasteiger partial charge in [-0.25, -0.2) is 4.79 Å². The van der Waals surface area contributed by atoms with Crippen molar-refractivity contribution in [2.24, 2.45) is 5.92 Å². The minimum Gasteiger partial charge on any atom is -0.472 e. The van der Waals surface area contributed by atoms with Crippen molar-refractivity contribution in [3.8, 4) is 0 Å². The second kappa shape index (κ2) is 4.21. The van der Waals surface area contributed by atoms with Crippen LogP contribution >= 0.6 is 0 Å². The number of H-pyrrole nitrogens is 1. The van der Waals surface area contributed by atoms with Gasteiger partial charge in [-0.15, -0.1) is 0 Å². The molecule has 6 nitrogen and oxygen atoms in total. The van der Waals surface area contributed by atoms with E-state index >= 15 is 0 Å². The van der Waals surface area contributed by atoms with Crippen molar-refractivity contribution >= 4 is 0 Å². The van der Waals surface area contributed by atoms with Crippen molar-refractivity contribution in [3.63, 3.8) is 0 Å². The molecule has 3 atom stereocenters. The van der Waals surface area contributed by atoms with E-state index in [-0.39, 0.29) is 12.0 Å². The zero-order valence-electron chi connectivity index (χ0n) is 9.67. The van der Waals surface area contributed by atoms with Crippen LogP contribution in [0.1, 0.15) is 13.2 Å². The molecule has 92 valence electrons. The molecule has 1 fully saturated rings. The molecule has 1 N–H and O–H groups in total. The van der Waals surface area contributed by atoms with Crippen LogP contribution < -0.4 is 11.2 Å². The van der Waals surface area contributed by atoms with Gasteiger partial charge in [0, 0.05) is 25.3 Å². The first-order chi connectivity index (χ1) is 8.04. The smallest absolute Gasteiger partial charge is 0.331 e. The Hall–Kier alpha value is -1.82. The maximum absolute atomic E-state index is 11.6. The number of nitrogens with zero attached hydrogens (tertiary/aromatic N) is 1. The Kier molecular flexibility index (Phi) is 2.89. The van der Waals surface area contributed by atoms with Gasteiger partial charge in [0.05, 0.1) is 5.76 Å². The fourth-order valence-corrected chi connectivity index (χ4v) is 1.92. The molecule has 0 saturated carbocycles. The van der Waals surface area contributed by atoms with Gasteiger partial charge in [-0.05, 0) is 0 Å². The Morgan fingerprint density at radius 2 is 2.24 bits per heavy atom. The van der Waals surface area contributed by atoms with Crippen LogP contribution in [0.3, 0.4) is 0 Å². The molecule has 2 rings (SSSR count). The first kappa shape index (κ1) is 11.7. The lowest BCUT2D eigenvalue weighted by atomic mass is 10.1. The van der Waals surface area contributed by atoms with E-state index in [9.17, 15) is 9.59 Å². The molecule has 0 radical (unpaired) electrons. The summed E-state index contributed by atoms with van der Waals surface area (Å²) in [6, 6.07) is 1.27. The minimum atomic E-state index is -0.591. The zero-order valence-corrected chi connectivity index (χ0v) is 9.67. The van der Waals surface area contributed by atoms with Crippen molar-refractivity contribution in [1.82, 2.24) is 9.55 Å². The number of methoxy groups -OCH3 is 1. The summed E-state index contributed by atoms with van der Waals surface area (Å²) in [6.07, 6.45) is 0.501. The van der Waals surface area contributed by atoms with E-state index < -0.39 is 17.5 Å². The molecule has 1 aliphatic heterocycles. The van der Waals surface area contributed by atoms with Gasteiger partial charge in [0.1, 0.15) is 6.10 Å². The maximum Gasteiger partial charge on any atom is 0.331 e. The van der Waals surface area contributed by atoms with Crippen LogP contribution in [0.2, 0.25) is 0 Å². The van der Waals surface area contributed by atoms with Gasteiger partial charge < -0.3 is 9.47 Å². The molecule has 2 heterocycles. The molecule has 1 aromatic heterocycles. The predicted octanol–water partition coefficient (Wildman–Crippen LogP) is 0.230. The summed E-state index contributed by atoms with van der Waals surface area (Å²) in [4.78, 5) is 24.8. The van der Waals surface area contributed by atoms with Gasteiger partial charge in [-0.2, -0.15) is 0 Å². The van der Waals surface area contributed by atoms with Crippen LogP contribution in [0, 0.1) is 5.92 Å².